The van der Waals surface area contributed by atoms with E-state index < -0.39 is 24.7 Å². The number of nitrogens with zero attached hydrogens (tertiary/aromatic N) is 1. The number of aliphatic imine (C=N–C) groups is 1. The summed E-state index contributed by atoms with van der Waals surface area (Å²) in [5, 5.41) is 54.3. The topological polar surface area (TPSA) is 133 Å². The van der Waals surface area contributed by atoms with Crippen LogP contribution in [-0.4, -0.2) is 57.1 Å². The average molecular weight is 502 g/mol. The summed E-state index contributed by atoms with van der Waals surface area (Å²) in [5.74, 6) is -0.370. The van der Waals surface area contributed by atoms with Crippen LogP contribution in [0.1, 0.15) is 85.5 Å². The van der Waals surface area contributed by atoms with Gasteiger partial charge in [0.1, 0.15) is 6.54 Å². The molecule has 0 bridgehead atoms. The van der Waals surface area contributed by atoms with Crippen molar-refractivity contribution in [3.63, 3.8) is 0 Å². The molecule has 4 aliphatic rings. The van der Waals surface area contributed by atoms with Gasteiger partial charge in [0.25, 0.3) is 0 Å². The number of carboxylic acid groups (broad SMARTS) is 1. The Morgan fingerprint density at radius 1 is 1.09 bits per heavy atom. The van der Waals surface area contributed by atoms with Gasteiger partial charge in [-0.1, -0.05) is 27.7 Å². The van der Waals surface area contributed by atoms with Crippen LogP contribution in [0.5, 0.6) is 0 Å². The zero-order chi connectivity index (χ0) is 25.1. The molecule has 194 valence electrons. The molecule has 0 heterocycles. The molecule has 8 heteroatoms. The molecule has 4 N–H and O–H groups in total. The van der Waals surface area contributed by atoms with Gasteiger partial charge in [0.15, 0.2) is 0 Å². The minimum absolute atomic E-state index is 0. The summed E-state index contributed by atoms with van der Waals surface area (Å²) < 4.78 is 0. The van der Waals surface area contributed by atoms with E-state index in [0.717, 1.165) is 32.1 Å². The Labute approximate surface area is 232 Å². The normalized spacial score (nSPS) is 48.2. The van der Waals surface area contributed by atoms with E-state index in [-0.39, 0.29) is 93.8 Å². The fraction of sp³-hybridized carbons (Fsp3) is 0.926. The molecule has 7 nitrogen and oxygen atoms in total. The molecule has 0 aromatic rings. The first-order valence-electron chi connectivity index (χ1n) is 13.3. The standard InChI is InChI=1S/C27H45NO6.Na/c1-15(5-8-22(32)28-14-23(33)34)17-6-7-18-24-19(11-21(31)27(17,18)4)26(3)10-9-16(29)12-25(26,2)13-20(24)30;/h15-21,24,29-31H,5-14H2,1-4H3,(H,28,32)(H,33,34);/q;+1/p-1/t15-,16+,17+,18-,19-,20+,21-,24-,25-,26+,27+;/m0./s1. The van der Waals surface area contributed by atoms with Crippen LogP contribution in [-0.2, 0) is 4.79 Å². The van der Waals surface area contributed by atoms with E-state index >= 15 is 0 Å². The number of carboxylic acids is 1. The summed E-state index contributed by atoms with van der Waals surface area (Å²) >= 11 is 0. The molecule has 4 fully saturated rings. The molecule has 4 rings (SSSR count). The zero-order valence-corrected chi connectivity index (χ0v) is 24.2. The van der Waals surface area contributed by atoms with Crippen LogP contribution in [0.25, 0.3) is 0 Å². The summed E-state index contributed by atoms with van der Waals surface area (Å²) in [6.07, 6.45) is 5.49. The van der Waals surface area contributed by atoms with E-state index in [0.29, 0.717) is 19.3 Å². The van der Waals surface area contributed by atoms with E-state index in [9.17, 15) is 25.2 Å². The molecule has 0 aromatic carbocycles. The Morgan fingerprint density at radius 3 is 2.43 bits per heavy atom. The first kappa shape index (κ1) is 29.4. The Kier molecular flexibility index (Phi) is 8.84. The second-order valence-corrected chi connectivity index (χ2v) is 12.9. The molecule has 35 heavy (non-hydrogen) atoms. The Bertz CT molecular complexity index is 823. The summed E-state index contributed by atoms with van der Waals surface area (Å²) in [5.41, 5.74) is -0.425. The summed E-state index contributed by atoms with van der Waals surface area (Å²) in [6, 6.07) is 0. The molecule has 0 amide bonds. The Balaban J connectivity index is 0.00000342. The molecular formula is C27H44NNaO6. The van der Waals surface area contributed by atoms with Crippen molar-refractivity contribution in [2.75, 3.05) is 6.54 Å². The van der Waals surface area contributed by atoms with Gasteiger partial charge in [-0.3, -0.25) is 9.79 Å². The van der Waals surface area contributed by atoms with Gasteiger partial charge < -0.3 is 25.5 Å². The van der Waals surface area contributed by atoms with Gasteiger partial charge in [0.2, 0.25) is 0 Å². The maximum Gasteiger partial charge on any atom is 1.00 e. The van der Waals surface area contributed by atoms with Crippen molar-refractivity contribution in [1.29, 1.82) is 0 Å². The molecule has 0 aromatic heterocycles. The Morgan fingerprint density at radius 2 is 1.77 bits per heavy atom. The minimum Gasteiger partial charge on any atom is -0.862 e. The van der Waals surface area contributed by atoms with Gasteiger partial charge in [-0.2, -0.15) is 0 Å². The predicted molar refractivity (Wildman–Crippen MR) is 127 cm³/mol. The minimum atomic E-state index is -1.10. The number of hydrogen-bond acceptors (Lipinski definition) is 6. The average Bonchev–Trinajstić information content (AvgIpc) is 3.11. The van der Waals surface area contributed by atoms with Gasteiger partial charge in [-0.25, -0.2) is 0 Å². The third-order valence-electron chi connectivity index (χ3n) is 11.4. The summed E-state index contributed by atoms with van der Waals surface area (Å²) in [4.78, 5) is 14.3. The molecule has 0 saturated heterocycles. The third kappa shape index (κ3) is 4.87. The van der Waals surface area contributed by atoms with Gasteiger partial charge in [-0.05, 0) is 110 Å². The molecule has 0 unspecified atom stereocenters. The number of fused-ring (bicyclic) bond motifs is 5. The predicted octanol–water partition coefficient (Wildman–Crippen LogP) is -0.398. The fourth-order valence-electron chi connectivity index (χ4n) is 9.37. The summed E-state index contributed by atoms with van der Waals surface area (Å²) in [7, 11) is 0. The second kappa shape index (κ2) is 10.5. The summed E-state index contributed by atoms with van der Waals surface area (Å²) in [6.45, 7) is 8.45. The van der Waals surface area contributed by atoms with Crippen LogP contribution in [0.3, 0.4) is 0 Å². The van der Waals surface area contributed by atoms with Gasteiger partial charge in [-0.15, -0.1) is 0 Å². The van der Waals surface area contributed by atoms with Crippen LogP contribution < -0.4 is 34.7 Å². The molecule has 0 aliphatic heterocycles. The number of hydrogen-bond donors (Lipinski definition) is 4. The molecule has 4 saturated carbocycles. The molecular weight excluding hydrogens is 457 g/mol. The van der Waals surface area contributed by atoms with Gasteiger partial charge in [0, 0.05) is 0 Å². The SMILES string of the molecule is C[C@@H](CCC([O-])=NCC(=O)O)[C@H]1CC[C@H]2[C@@H]3[C@H](O)C[C@]4(C)C[C@H](O)CC[C@]4(C)[C@H]3C[C@H](O)[C@]12C.[Na+]. The Hall–Kier alpha value is -0.180. The van der Waals surface area contributed by atoms with E-state index in [2.05, 4.69) is 32.7 Å². The molecule has 0 radical (unpaired) electrons. The van der Waals surface area contributed by atoms with Crippen LogP contribution >= 0.6 is 0 Å². The smallest absolute Gasteiger partial charge is 0.862 e. The first-order chi connectivity index (χ1) is 15.8. The maximum atomic E-state index is 12.0. The van der Waals surface area contributed by atoms with E-state index in [4.69, 9.17) is 5.11 Å². The fourth-order valence-corrected chi connectivity index (χ4v) is 9.37. The van der Waals surface area contributed by atoms with Gasteiger partial charge in [0.05, 0.1) is 18.3 Å². The molecule has 11 atom stereocenters. The van der Waals surface area contributed by atoms with Crippen molar-refractivity contribution >= 4 is 11.9 Å². The van der Waals surface area contributed by atoms with E-state index in [1.54, 1.807) is 0 Å². The number of aliphatic hydroxyl groups excluding tert-OH is 3. The van der Waals surface area contributed by atoms with Gasteiger partial charge >= 0.3 is 35.5 Å². The van der Waals surface area contributed by atoms with Crippen LogP contribution in [0.4, 0.5) is 0 Å². The van der Waals surface area contributed by atoms with E-state index in [1.807, 2.05) is 0 Å². The maximum absolute atomic E-state index is 12.0. The van der Waals surface area contributed by atoms with Crippen LogP contribution in [0.2, 0.25) is 0 Å². The van der Waals surface area contributed by atoms with Crippen LogP contribution in [0, 0.1) is 45.8 Å². The van der Waals surface area contributed by atoms with Crippen molar-refractivity contribution < 1.29 is 59.9 Å². The number of aliphatic carboxylic acids is 1. The van der Waals surface area contributed by atoms with Crippen LogP contribution in [0.15, 0.2) is 4.99 Å². The quantitative estimate of drug-likeness (QED) is 0.222. The molecule has 4 aliphatic carbocycles. The van der Waals surface area contributed by atoms with E-state index in [1.165, 1.54) is 0 Å². The molecule has 0 spiro atoms. The number of carbonyl (C=O) groups is 1. The largest absolute Gasteiger partial charge is 1.00 e. The van der Waals surface area contributed by atoms with Crippen molar-refractivity contribution in [3.8, 4) is 0 Å². The van der Waals surface area contributed by atoms with Crippen molar-refractivity contribution in [1.82, 2.24) is 0 Å². The van der Waals surface area contributed by atoms with Crippen molar-refractivity contribution in [2.24, 2.45) is 50.8 Å². The third-order valence-corrected chi connectivity index (χ3v) is 11.4. The van der Waals surface area contributed by atoms with Crippen molar-refractivity contribution in [2.45, 2.75) is 104 Å². The second-order valence-electron chi connectivity index (χ2n) is 12.9. The first-order valence-corrected chi connectivity index (χ1v) is 13.3. The number of aliphatic hydroxyl groups is 3. The zero-order valence-electron chi connectivity index (χ0n) is 22.2. The van der Waals surface area contributed by atoms with Crippen molar-refractivity contribution in [3.05, 3.63) is 0 Å². The monoisotopic (exact) mass is 501 g/mol. The number of rotatable bonds is 6.